The normalized spacial score (nSPS) is 11.6. The Morgan fingerprint density at radius 3 is 2.23 bits per heavy atom. The van der Waals surface area contributed by atoms with Gasteiger partial charge in [0.15, 0.2) is 0 Å². The maximum Gasteiger partial charge on any atom is 0.416 e. The van der Waals surface area contributed by atoms with Gasteiger partial charge in [-0.2, -0.15) is 13.2 Å². The minimum absolute atomic E-state index is 0.285. The smallest absolute Gasteiger partial charge is 0.416 e. The number of hydrogen-bond donors (Lipinski definition) is 0. The fourth-order valence-corrected chi connectivity index (χ4v) is 3.18. The molecular formula is C22H14F4N2O2. The Hall–Kier alpha value is -3.68. The molecule has 0 fully saturated rings. The maximum atomic E-state index is 13.4. The summed E-state index contributed by atoms with van der Waals surface area (Å²) in [5.74, 6) is -0.608. The highest BCUT2D eigenvalue weighted by Crippen LogP contribution is 2.33. The molecule has 152 valence electrons. The van der Waals surface area contributed by atoms with Crippen molar-refractivity contribution in [1.82, 2.24) is 9.55 Å². The van der Waals surface area contributed by atoms with E-state index in [1.54, 1.807) is 16.7 Å². The van der Waals surface area contributed by atoms with E-state index in [4.69, 9.17) is 4.74 Å². The number of imidazole rings is 1. The molecule has 4 aromatic rings. The number of alkyl halides is 3. The van der Waals surface area contributed by atoms with Crippen LogP contribution in [0.1, 0.15) is 15.9 Å². The lowest BCUT2D eigenvalue weighted by molar-refractivity contribution is -0.137. The number of fused-ring (bicyclic) bond motifs is 1. The maximum absolute atomic E-state index is 13.4. The van der Waals surface area contributed by atoms with Gasteiger partial charge in [0.2, 0.25) is 0 Å². The van der Waals surface area contributed by atoms with Gasteiger partial charge in [0.05, 0.1) is 29.3 Å². The van der Waals surface area contributed by atoms with Crippen LogP contribution in [-0.2, 0) is 10.9 Å². The Morgan fingerprint density at radius 1 is 0.967 bits per heavy atom. The van der Waals surface area contributed by atoms with E-state index in [9.17, 15) is 22.4 Å². The second kappa shape index (κ2) is 7.29. The Morgan fingerprint density at radius 2 is 1.63 bits per heavy atom. The number of ether oxygens (including phenoxy) is 1. The molecule has 0 atom stereocenters. The molecule has 4 rings (SSSR count). The first-order valence-corrected chi connectivity index (χ1v) is 8.82. The van der Waals surface area contributed by atoms with Gasteiger partial charge < -0.3 is 4.74 Å². The molecule has 0 saturated carbocycles. The van der Waals surface area contributed by atoms with Crippen molar-refractivity contribution in [3.8, 4) is 17.1 Å². The summed E-state index contributed by atoms with van der Waals surface area (Å²) in [4.78, 5) is 16.4. The molecule has 4 nitrogen and oxygen atoms in total. The average Bonchev–Trinajstić information content (AvgIpc) is 3.12. The molecule has 8 heteroatoms. The van der Waals surface area contributed by atoms with Crippen molar-refractivity contribution in [3.63, 3.8) is 0 Å². The minimum atomic E-state index is -4.45. The number of methoxy groups -OCH3 is 1. The standard InChI is InChI=1S/C22H14F4N2O2/c1-30-21(29)14-4-11-19-18(12-14)27-20(28(19)17-9-7-16(23)8-10-17)13-2-5-15(6-3-13)22(24,25)26/h2-12H,1H3. The van der Waals surface area contributed by atoms with Gasteiger partial charge in [-0.25, -0.2) is 14.2 Å². The fraction of sp³-hybridized carbons (Fsp3) is 0.0909. The van der Waals surface area contributed by atoms with Gasteiger partial charge in [0.25, 0.3) is 0 Å². The van der Waals surface area contributed by atoms with Crippen molar-refractivity contribution >= 4 is 17.0 Å². The molecule has 1 aromatic heterocycles. The van der Waals surface area contributed by atoms with Crippen LogP contribution in [0.2, 0.25) is 0 Å². The lowest BCUT2D eigenvalue weighted by Crippen LogP contribution is -2.04. The van der Waals surface area contributed by atoms with Crippen molar-refractivity contribution in [2.75, 3.05) is 7.11 Å². The van der Waals surface area contributed by atoms with Gasteiger partial charge in [0.1, 0.15) is 11.6 Å². The Labute approximate surface area is 168 Å². The van der Waals surface area contributed by atoms with Crippen LogP contribution in [0, 0.1) is 5.82 Å². The van der Waals surface area contributed by atoms with Gasteiger partial charge in [-0.1, -0.05) is 12.1 Å². The number of rotatable bonds is 3. The van der Waals surface area contributed by atoms with E-state index in [1.807, 2.05) is 0 Å². The number of halogens is 4. The first-order chi connectivity index (χ1) is 14.3. The number of carbonyl (C=O) groups is 1. The predicted molar refractivity (Wildman–Crippen MR) is 103 cm³/mol. The van der Waals surface area contributed by atoms with Crippen molar-refractivity contribution < 1.29 is 27.1 Å². The molecule has 3 aromatic carbocycles. The van der Waals surface area contributed by atoms with Crippen LogP contribution in [0.4, 0.5) is 17.6 Å². The zero-order valence-electron chi connectivity index (χ0n) is 15.6. The monoisotopic (exact) mass is 414 g/mol. The molecule has 0 unspecified atom stereocenters. The van der Waals surface area contributed by atoms with Gasteiger partial charge in [-0.05, 0) is 54.6 Å². The Balaban J connectivity index is 1.93. The van der Waals surface area contributed by atoms with Crippen LogP contribution in [0.15, 0.2) is 66.7 Å². The zero-order chi connectivity index (χ0) is 21.5. The van der Waals surface area contributed by atoms with Gasteiger partial charge in [0, 0.05) is 11.3 Å². The van der Waals surface area contributed by atoms with Crippen LogP contribution in [-0.4, -0.2) is 22.6 Å². The van der Waals surface area contributed by atoms with E-state index >= 15 is 0 Å². The topological polar surface area (TPSA) is 44.1 Å². The van der Waals surface area contributed by atoms with Crippen LogP contribution in [0.25, 0.3) is 28.1 Å². The first-order valence-electron chi connectivity index (χ1n) is 8.82. The third-order valence-corrected chi connectivity index (χ3v) is 4.63. The quantitative estimate of drug-likeness (QED) is 0.322. The second-order valence-corrected chi connectivity index (χ2v) is 6.52. The molecule has 30 heavy (non-hydrogen) atoms. The Bertz CT molecular complexity index is 1230. The molecular weight excluding hydrogens is 400 g/mol. The third kappa shape index (κ3) is 3.52. The molecule has 0 aliphatic heterocycles. The average molecular weight is 414 g/mol. The van der Waals surface area contributed by atoms with Crippen molar-refractivity contribution in [2.45, 2.75) is 6.18 Å². The highest BCUT2D eigenvalue weighted by Gasteiger charge is 2.30. The highest BCUT2D eigenvalue weighted by atomic mass is 19.4. The van der Waals surface area contributed by atoms with Crippen LogP contribution in [0.5, 0.6) is 0 Å². The Kier molecular flexibility index (Phi) is 4.77. The van der Waals surface area contributed by atoms with Crippen molar-refractivity contribution in [1.29, 1.82) is 0 Å². The van der Waals surface area contributed by atoms with E-state index < -0.39 is 23.5 Å². The minimum Gasteiger partial charge on any atom is -0.465 e. The zero-order valence-corrected chi connectivity index (χ0v) is 15.6. The molecule has 0 radical (unpaired) electrons. The van der Waals surface area contributed by atoms with E-state index in [0.717, 1.165) is 12.1 Å². The van der Waals surface area contributed by atoms with Gasteiger partial charge >= 0.3 is 12.1 Å². The number of aromatic nitrogens is 2. The van der Waals surface area contributed by atoms with Gasteiger partial charge in [-0.3, -0.25) is 4.57 Å². The summed E-state index contributed by atoms with van der Waals surface area (Å²) in [5, 5.41) is 0. The molecule has 0 spiro atoms. The summed E-state index contributed by atoms with van der Waals surface area (Å²) in [6, 6.07) is 15.0. The summed E-state index contributed by atoms with van der Waals surface area (Å²) < 4.78 is 58.6. The van der Waals surface area contributed by atoms with Crippen LogP contribution in [0.3, 0.4) is 0 Å². The van der Waals surface area contributed by atoms with E-state index in [0.29, 0.717) is 28.1 Å². The van der Waals surface area contributed by atoms with E-state index in [1.165, 1.54) is 49.6 Å². The molecule has 0 bridgehead atoms. The van der Waals surface area contributed by atoms with E-state index in [2.05, 4.69) is 4.98 Å². The summed E-state index contributed by atoms with van der Waals surface area (Å²) in [6.07, 6.45) is -4.45. The summed E-state index contributed by atoms with van der Waals surface area (Å²) in [5.41, 5.74) is 1.56. The lowest BCUT2D eigenvalue weighted by Gasteiger charge is -2.11. The van der Waals surface area contributed by atoms with Gasteiger partial charge in [-0.15, -0.1) is 0 Å². The molecule has 0 aliphatic carbocycles. The molecule has 0 aliphatic rings. The summed E-state index contributed by atoms with van der Waals surface area (Å²) in [6.45, 7) is 0. The van der Waals surface area contributed by atoms with Crippen LogP contribution >= 0.6 is 0 Å². The number of esters is 1. The third-order valence-electron chi connectivity index (χ3n) is 4.63. The van der Waals surface area contributed by atoms with E-state index in [-0.39, 0.29) is 5.56 Å². The number of nitrogens with zero attached hydrogens (tertiary/aromatic N) is 2. The fourth-order valence-electron chi connectivity index (χ4n) is 3.18. The predicted octanol–water partition coefficient (Wildman–Crippen LogP) is 5.64. The summed E-state index contributed by atoms with van der Waals surface area (Å²) in [7, 11) is 1.26. The van der Waals surface area contributed by atoms with Crippen molar-refractivity contribution in [2.24, 2.45) is 0 Å². The second-order valence-electron chi connectivity index (χ2n) is 6.52. The number of benzene rings is 3. The van der Waals surface area contributed by atoms with Crippen LogP contribution < -0.4 is 0 Å². The molecule has 0 amide bonds. The summed E-state index contributed by atoms with van der Waals surface area (Å²) >= 11 is 0. The molecule has 0 N–H and O–H groups in total. The first kappa shape index (κ1) is 19.6. The molecule has 0 saturated heterocycles. The number of carbonyl (C=O) groups excluding carboxylic acids is 1. The molecule has 1 heterocycles. The SMILES string of the molecule is COC(=O)c1ccc2c(c1)nc(-c1ccc(C(F)(F)F)cc1)n2-c1ccc(F)cc1. The number of hydrogen-bond acceptors (Lipinski definition) is 3. The largest absolute Gasteiger partial charge is 0.465 e. The highest BCUT2D eigenvalue weighted by molar-refractivity contribution is 5.95. The lowest BCUT2D eigenvalue weighted by atomic mass is 10.1. The van der Waals surface area contributed by atoms with Crippen molar-refractivity contribution in [3.05, 3.63) is 83.7 Å².